The molecule has 2 bridgehead atoms. The Morgan fingerprint density at radius 2 is 2.15 bits per heavy atom. The lowest BCUT2D eigenvalue weighted by molar-refractivity contribution is 0.152. The highest BCUT2D eigenvalue weighted by molar-refractivity contribution is 7.11. The van der Waals surface area contributed by atoms with Crippen molar-refractivity contribution >= 4 is 11.3 Å². The van der Waals surface area contributed by atoms with Crippen LogP contribution in [0.4, 0.5) is 0 Å². The van der Waals surface area contributed by atoms with E-state index in [1.165, 1.54) is 54.2 Å². The van der Waals surface area contributed by atoms with E-state index in [4.69, 9.17) is 4.98 Å². The molecule has 2 saturated carbocycles. The van der Waals surface area contributed by atoms with Gasteiger partial charge >= 0.3 is 0 Å². The van der Waals surface area contributed by atoms with E-state index in [9.17, 15) is 0 Å². The average molecular weight is 292 g/mol. The van der Waals surface area contributed by atoms with E-state index in [1.54, 1.807) is 0 Å². The summed E-state index contributed by atoms with van der Waals surface area (Å²) < 4.78 is 0. The van der Waals surface area contributed by atoms with Crippen LogP contribution in [0.3, 0.4) is 0 Å². The Kier molecular flexibility index (Phi) is 3.93. The molecule has 0 spiro atoms. The number of nitrogens with zero attached hydrogens (tertiary/aromatic N) is 1. The molecule has 1 N–H and O–H groups in total. The molecule has 3 heteroatoms. The van der Waals surface area contributed by atoms with Gasteiger partial charge in [-0.3, -0.25) is 0 Å². The average Bonchev–Trinajstić information content (AvgIpc) is 3.04. The third-order valence-corrected chi connectivity index (χ3v) is 6.61. The van der Waals surface area contributed by atoms with E-state index < -0.39 is 0 Å². The number of fused-ring (bicyclic) bond motifs is 2. The first-order valence-electron chi connectivity index (χ1n) is 8.15. The van der Waals surface area contributed by atoms with Crippen LogP contribution in [0, 0.1) is 31.1 Å². The van der Waals surface area contributed by atoms with Crippen molar-refractivity contribution in [1.82, 2.24) is 10.3 Å². The summed E-state index contributed by atoms with van der Waals surface area (Å²) in [4.78, 5) is 6.22. The lowest BCUT2D eigenvalue weighted by atomic mass is 9.70. The first-order chi connectivity index (χ1) is 9.48. The summed E-state index contributed by atoms with van der Waals surface area (Å²) in [5.41, 5.74) is 1.73. The number of aryl methyl sites for hydroxylation is 2. The maximum absolute atomic E-state index is 4.82. The number of thiazole rings is 1. The predicted octanol–water partition coefficient (Wildman–Crippen LogP) is 4.11. The van der Waals surface area contributed by atoms with E-state index >= 15 is 0 Å². The van der Waals surface area contributed by atoms with Gasteiger partial charge in [-0.15, -0.1) is 11.3 Å². The summed E-state index contributed by atoms with van der Waals surface area (Å²) in [6.07, 6.45) is 7.03. The highest BCUT2D eigenvalue weighted by atomic mass is 32.1. The van der Waals surface area contributed by atoms with Crippen molar-refractivity contribution in [2.45, 2.75) is 65.8 Å². The Balaban J connectivity index is 1.79. The van der Waals surface area contributed by atoms with Gasteiger partial charge in [0.05, 0.1) is 10.7 Å². The molecule has 3 unspecified atom stereocenters. The highest BCUT2D eigenvalue weighted by Crippen LogP contribution is 2.57. The summed E-state index contributed by atoms with van der Waals surface area (Å²) in [5, 5.41) is 5.10. The predicted molar refractivity (Wildman–Crippen MR) is 86.3 cm³/mol. The van der Waals surface area contributed by atoms with E-state index in [2.05, 4.69) is 33.0 Å². The quantitative estimate of drug-likeness (QED) is 0.883. The standard InChI is InChI=1S/C17H28N2S/c1-11(2)18-10-17(8-14-5-6-15(17)7-14)9-16-19-12(3)13(4)20-16/h11,14-15,18H,5-10H2,1-4H3. The number of hydrogen-bond acceptors (Lipinski definition) is 3. The third kappa shape index (κ3) is 2.67. The Labute approximate surface area is 127 Å². The van der Waals surface area contributed by atoms with Gasteiger partial charge in [-0.2, -0.15) is 0 Å². The Bertz CT molecular complexity index is 460. The van der Waals surface area contributed by atoms with Gasteiger partial charge in [0.2, 0.25) is 0 Å². The summed E-state index contributed by atoms with van der Waals surface area (Å²) in [7, 11) is 0. The molecule has 2 nitrogen and oxygen atoms in total. The maximum atomic E-state index is 4.82. The molecule has 0 aromatic carbocycles. The lowest BCUT2D eigenvalue weighted by Crippen LogP contribution is -2.42. The summed E-state index contributed by atoms with van der Waals surface area (Å²) in [6, 6.07) is 0.589. The number of hydrogen-bond donors (Lipinski definition) is 1. The molecule has 0 radical (unpaired) electrons. The fourth-order valence-electron chi connectivity index (χ4n) is 4.38. The van der Waals surface area contributed by atoms with Gasteiger partial charge in [-0.1, -0.05) is 20.3 Å². The number of rotatable bonds is 5. The summed E-state index contributed by atoms with van der Waals surface area (Å²) >= 11 is 1.92. The molecular formula is C17H28N2S. The Morgan fingerprint density at radius 3 is 2.65 bits per heavy atom. The second-order valence-corrected chi connectivity index (χ2v) is 8.69. The van der Waals surface area contributed by atoms with E-state index in [-0.39, 0.29) is 0 Å². The molecule has 20 heavy (non-hydrogen) atoms. The molecule has 3 atom stereocenters. The van der Waals surface area contributed by atoms with E-state index in [0.29, 0.717) is 11.5 Å². The first kappa shape index (κ1) is 14.5. The molecule has 0 aliphatic heterocycles. The Morgan fingerprint density at radius 1 is 1.35 bits per heavy atom. The van der Waals surface area contributed by atoms with Gasteiger partial charge in [0.15, 0.2) is 0 Å². The van der Waals surface area contributed by atoms with Crippen LogP contribution in [0.2, 0.25) is 0 Å². The van der Waals surface area contributed by atoms with Crippen LogP contribution in [-0.4, -0.2) is 17.6 Å². The second-order valence-electron chi connectivity index (χ2n) is 7.40. The van der Waals surface area contributed by atoms with Crippen molar-refractivity contribution in [3.05, 3.63) is 15.6 Å². The molecular weight excluding hydrogens is 264 g/mol. The first-order valence-corrected chi connectivity index (χ1v) is 8.96. The van der Waals surface area contributed by atoms with E-state index in [1.807, 2.05) is 11.3 Å². The molecule has 2 aliphatic rings. The molecule has 1 aromatic heterocycles. The SMILES string of the molecule is Cc1nc(CC2(CNC(C)C)CC3CCC2C3)sc1C. The smallest absolute Gasteiger partial charge is 0.0937 e. The zero-order chi connectivity index (χ0) is 14.3. The van der Waals surface area contributed by atoms with Gasteiger partial charge in [-0.05, 0) is 50.4 Å². The fraction of sp³-hybridized carbons (Fsp3) is 0.824. The number of aromatic nitrogens is 1. The number of nitrogens with one attached hydrogen (secondary N) is 1. The highest BCUT2D eigenvalue weighted by Gasteiger charge is 2.50. The minimum absolute atomic E-state index is 0.490. The fourth-order valence-corrected chi connectivity index (χ4v) is 5.47. The van der Waals surface area contributed by atoms with Crippen molar-refractivity contribution in [2.24, 2.45) is 17.3 Å². The molecule has 1 aromatic rings. The topological polar surface area (TPSA) is 24.9 Å². The minimum atomic E-state index is 0.490. The monoisotopic (exact) mass is 292 g/mol. The lowest BCUT2D eigenvalue weighted by Gasteiger charge is -2.38. The minimum Gasteiger partial charge on any atom is -0.314 e. The third-order valence-electron chi connectivity index (χ3n) is 5.54. The molecule has 3 rings (SSSR count). The van der Waals surface area contributed by atoms with Gasteiger partial charge in [0.25, 0.3) is 0 Å². The van der Waals surface area contributed by atoms with Crippen LogP contribution in [0.1, 0.15) is 55.1 Å². The van der Waals surface area contributed by atoms with Crippen molar-refractivity contribution in [2.75, 3.05) is 6.54 Å². The molecule has 0 saturated heterocycles. The zero-order valence-corrected chi connectivity index (χ0v) is 14.1. The van der Waals surface area contributed by atoms with Crippen LogP contribution >= 0.6 is 11.3 Å². The molecule has 112 valence electrons. The van der Waals surface area contributed by atoms with Crippen LogP contribution in [0.15, 0.2) is 0 Å². The molecule has 2 aliphatic carbocycles. The van der Waals surface area contributed by atoms with Crippen LogP contribution < -0.4 is 5.32 Å². The van der Waals surface area contributed by atoms with Crippen molar-refractivity contribution < 1.29 is 0 Å². The molecule has 1 heterocycles. The Hall–Kier alpha value is -0.410. The summed E-state index contributed by atoms with van der Waals surface area (Å²) in [6.45, 7) is 10.1. The van der Waals surface area contributed by atoms with E-state index in [0.717, 1.165) is 11.8 Å². The van der Waals surface area contributed by atoms with Crippen molar-refractivity contribution in [1.29, 1.82) is 0 Å². The van der Waals surface area contributed by atoms with Crippen LogP contribution in [-0.2, 0) is 6.42 Å². The normalized spacial score (nSPS) is 32.5. The van der Waals surface area contributed by atoms with Gasteiger partial charge < -0.3 is 5.32 Å². The van der Waals surface area contributed by atoms with Crippen LogP contribution in [0.25, 0.3) is 0 Å². The largest absolute Gasteiger partial charge is 0.314 e. The molecule has 0 amide bonds. The zero-order valence-electron chi connectivity index (χ0n) is 13.3. The van der Waals surface area contributed by atoms with Gasteiger partial charge in [-0.25, -0.2) is 4.98 Å². The van der Waals surface area contributed by atoms with Gasteiger partial charge in [0, 0.05) is 23.9 Å². The van der Waals surface area contributed by atoms with Crippen molar-refractivity contribution in [3.8, 4) is 0 Å². The van der Waals surface area contributed by atoms with Crippen LogP contribution in [0.5, 0.6) is 0 Å². The van der Waals surface area contributed by atoms with Gasteiger partial charge in [0.1, 0.15) is 0 Å². The maximum Gasteiger partial charge on any atom is 0.0937 e. The second kappa shape index (κ2) is 5.42. The molecule has 2 fully saturated rings. The van der Waals surface area contributed by atoms with Crippen molar-refractivity contribution in [3.63, 3.8) is 0 Å². The summed E-state index contributed by atoms with van der Waals surface area (Å²) in [5.74, 6) is 1.93.